The van der Waals surface area contributed by atoms with E-state index in [0.717, 1.165) is 0 Å². The van der Waals surface area contributed by atoms with Crippen molar-refractivity contribution >= 4 is 0 Å². The zero-order valence-corrected chi connectivity index (χ0v) is 8.56. The van der Waals surface area contributed by atoms with Crippen LogP contribution in [0.5, 0.6) is 0 Å². The van der Waals surface area contributed by atoms with Gasteiger partial charge in [-0.25, -0.2) is 9.97 Å². The molecule has 0 aliphatic heterocycles. The van der Waals surface area contributed by atoms with Gasteiger partial charge in [0, 0.05) is 24.8 Å². The summed E-state index contributed by atoms with van der Waals surface area (Å²) < 4.78 is 5.43. The molecule has 17 heavy (non-hydrogen) atoms. The van der Waals surface area contributed by atoms with Gasteiger partial charge >= 0.3 is 0 Å². The second kappa shape index (κ2) is 4.05. The third kappa shape index (κ3) is 1.85. The van der Waals surface area contributed by atoms with E-state index in [1.807, 2.05) is 0 Å². The van der Waals surface area contributed by atoms with Crippen molar-refractivity contribution in [2.45, 2.75) is 0 Å². The summed E-state index contributed by atoms with van der Waals surface area (Å²) in [5.74, 6) is 0.609. The predicted octanol–water partition coefficient (Wildman–Crippen LogP) is 0.984. The molecular weight excluding hydrogens is 220 g/mol. The minimum atomic E-state index is 0.304. The van der Waals surface area contributed by atoms with Crippen LogP contribution in [0.4, 0.5) is 0 Å². The molecule has 0 aromatic carbocycles. The van der Waals surface area contributed by atoms with Gasteiger partial charge in [0.25, 0.3) is 11.8 Å². The first-order chi connectivity index (χ1) is 8.43. The van der Waals surface area contributed by atoms with Gasteiger partial charge in [0.05, 0.1) is 12.4 Å². The highest BCUT2D eigenvalue weighted by molar-refractivity contribution is 5.49. The van der Waals surface area contributed by atoms with Crippen molar-refractivity contribution in [3.8, 4) is 23.2 Å². The molecule has 3 aromatic heterocycles. The first-order valence-electron chi connectivity index (χ1n) is 4.80. The maximum atomic E-state index is 5.43. The molecule has 3 rings (SSSR count). The molecule has 7 nitrogen and oxygen atoms in total. The number of rotatable bonds is 2. The van der Waals surface area contributed by atoms with E-state index < -0.39 is 0 Å². The summed E-state index contributed by atoms with van der Waals surface area (Å²) in [6.45, 7) is 0. The molecule has 0 aliphatic carbocycles. The van der Waals surface area contributed by atoms with E-state index in [1.54, 1.807) is 37.2 Å². The van der Waals surface area contributed by atoms with Gasteiger partial charge in [-0.3, -0.25) is 9.97 Å². The van der Waals surface area contributed by atoms with E-state index in [1.165, 1.54) is 0 Å². The molecule has 0 fully saturated rings. The smallest absolute Gasteiger partial charge is 0.268 e. The van der Waals surface area contributed by atoms with E-state index in [-0.39, 0.29) is 0 Å². The lowest BCUT2D eigenvalue weighted by molar-refractivity contribution is 0.579. The topological polar surface area (TPSA) is 90.5 Å². The van der Waals surface area contributed by atoms with Crippen molar-refractivity contribution in [2.24, 2.45) is 0 Å². The number of hydrogen-bond donors (Lipinski definition) is 0. The van der Waals surface area contributed by atoms with Crippen LogP contribution in [-0.4, -0.2) is 30.1 Å². The molecule has 0 N–H and O–H groups in total. The minimum Gasteiger partial charge on any atom is -0.413 e. The monoisotopic (exact) mass is 226 g/mol. The summed E-state index contributed by atoms with van der Waals surface area (Å²) >= 11 is 0. The third-order valence-corrected chi connectivity index (χ3v) is 1.99. The van der Waals surface area contributed by atoms with Crippen LogP contribution in [0.1, 0.15) is 0 Å². The Bertz CT molecular complexity index is 555. The van der Waals surface area contributed by atoms with Crippen LogP contribution in [0.25, 0.3) is 23.2 Å². The van der Waals surface area contributed by atoms with E-state index >= 15 is 0 Å². The van der Waals surface area contributed by atoms with Crippen LogP contribution >= 0.6 is 0 Å². The second-order valence-electron chi connectivity index (χ2n) is 3.09. The Labute approximate surface area is 95.6 Å². The molecule has 0 atom stereocenters. The van der Waals surface area contributed by atoms with Gasteiger partial charge in [0.15, 0.2) is 0 Å². The van der Waals surface area contributed by atoms with E-state index in [0.29, 0.717) is 23.2 Å². The fraction of sp³-hybridized carbons (Fsp3) is 0. The fourth-order valence-corrected chi connectivity index (χ4v) is 1.25. The van der Waals surface area contributed by atoms with Gasteiger partial charge in [-0.15, -0.1) is 10.2 Å². The highest BCUT2D eigenvalue weighted by atomic mass is 16.4. The Hall–Kier alpha value is -2.70. The Morgan fingerprint density at radius 2 is 1.24 bits per heavy atom. The quantitative estimate of drug-likeness (QED) is 0.643. The average Bonchev–Trinajstić information content (AvgIpc) is 2.90. The molecule has 0 bridgehead atoms. The van der Waals surface area contributed by atoms with Crippen molar-refractivity contribution in [3.63, 3.8) is 0 Å². The summed E-state index contributed by atoms with van der Waals surface area (Å²) in [7, 11) is 0. The van der Waals surface area contributed by atoms with Crippen LogP contribution in [-0.2, 0) is 0 Å². The van der Waals surface area contributed by atoms with Crippen molar-refractivity contribution in [2.75, 3.05) is 0 Å². The Morgan fingerprint density at radius 3 is 1.65 bits per heavy atom. The Morgan fingerprint density at radius 1 is 0.706 bits per heavy atom. The lowest BCUT2D eigenvalue weighted by Crippen LogP contribution is -1.83. The van der Waals surface area contributed by atoms with Gasteiger partial charge in [-0.05, 0) is 0 Å². The van der Waals surface area contributed by atoms with Gasteiger partial charge in [0.1, 0.15) is 11.4 Å². The summed E-state index contributed by atoms with van der Waals surface area (Å²) in [6.07, 6.45) is 9.36. The Kier molecular flexibility index (Phi) is 2.27. The molecule has 7 heteroatoms. The van der Waals surface area contributed by atoms with E-state index in [2.05, 4.69) is 30.1 Å². The first kappa shape index (κ1) is 9.52. The summed E-state index contributed by atoms with van der Waals surface area (Å²) in [4.78, 5) is 16.0. The Balaban J connectivity index is 1.99. The largest absolute Gasteiger partial charge is 0.413 e. The first-order valence-corrected chi connectivity index (χ1v) is 4.80. The van der Waals surface area contributed by atoms with E-state index in [9.17, 15) is 0 Å². The summed E-state index contributed by atoms with van der Waals surface area (Å²) in [6, 6.07) is 0. The molecule has 0 saturated carbocycles. The van der Waals surface area contributed by atoms with Gasteiger partial charge in [-0.1, -0.05) is 0 Å². The standard InChI is InChI=1S/C10H6N6O/c1-3-13-7(5-11-1)9-15-16-10(17-9)8-6-12-2-4-14-8/h1-6H. The SMILES string of the molecule is c1cnc(-c2nnc(-c3cnccn3)o2)cn1. The third-order valence-electron chi connectivity index (χ3n) is 1.99. The molecule has 3 aromatic rings. The molecule has 0 saturated heterocycles. The molecule has 0 amide bonds. The lowest BCUT2D eigenvalue weighted by Gasteiger charge is -1.91. The van der Waals surface area contributed by atoms with Crippen molar-refractivity contribution in [1.29, 1.82) is 0 Å². The van der Waals surface area contributed by atoms with Gasteiger partial charge in [-0.2, -0.15) is 0 Å². The normalized spacial score (nSPS) is 10.4. The highest BCUT2D eigenvalue weighted by Gasteiger charge is 2.11. The lowest BCUT2D eigenvalue weighted by atomic mass is 10.4. The molecule has 0 radical (unpaired) electrons. The van der Waals surface area contributed by atoms with Crippen LogP contribution in [0, 0.1) is 0 Å². The average molecular weight is 226 g/mol. The van der Waals surface area contributed by atoms with Crippen molar-refractivity contribution in [1.82, 2.24) is 30.1 Å². The van der Waals surface area contributed by atoms with Crippen LogP contribution < -0.4 is 0 Å². The van der Waals surface area contributed by atoms with Crippen LogP contribution in [0.15, 0.2) is 41.6 Å². The second-order valence-corrected chi connectivity index (χ2v) is 3.09. The molecular formula is C10H6N6O. The van der Waals surface area contributed by atoms with Crippen molar-refractivity contribution < 1.29 is 4.42 Å². The van der Waals surface area contributed by atoms with Crippen LogP contribution in [0.3, 0.4) is 0 Å². The van der Waals surface area contributed by atoms with Crippen molar-refractivity contribution in [3.05, 3.63) is 37.2 Å². The van der Waals surface area contributed by atoms with Gasteiger partial charge in [0.2, 0.25) is 0 Å². The predicted molar refractivity (Wildman–Crippen MR) is 56.4 cm³/mol. The fourth-order valence-electron chi connectivity index (χ4n) is 1.25. The number of nitrogens with zero attached hydrogens (tertiary/aromatic N) is 6. The number of aromatic nitrogens is 6. The molecule has 3 heterocycles. The van der Waals surface area contributed by atoms with Gasteiger partial charge < -0.3 is 4.42 Å². The maximum absolute atomic E-state index is 5.43. The summed E-state index contributed by atoms with van der Waals surface area (Å²) in [5, 5.41) is 7.75. The molecule has 0 spiro atoms. The van der Waals surface area contributed by atoms with Crippen LogP contribution in [0.2, 0.25) is 0 Å². The molecule has 0 unspecified atom stereocenters. The summed E-state index contributed by atoms with van der Waals surface area (Å²) in [5.41, 5.74) is 1.05. The molecule has 0 aliphatic rings. The molecule has 82 valence electrons. The maximum Gasteiger partial charge on any atom is 0.268 e. The number of hydrogen-bond acceptors (Lipinski definition) is 7. The minimum absolute atomic E-state index is 0.304. The zero-order valence-electron chi connectivity index (χ0n) is 8.56. The zero-order chi connectivity index (χ0) is 11.5. The van der Waals surface area contributed by atoms with E-state index in [4.69, 9.17) is 4.42 Å². The highest BCUT2D eigenvalue weighted by Crippen LogP contribution is 2.19.